The molecule has 1 aromatic carbocycles. The largest absolute Gasteiger partial charge is 0.469 e. The lowest BCUT2D eigenvalue weighted by atomic mass is 9.91. The highest BCUT2D eigenvalue weighted by Crippen LogP contribution is 2.16. The third-order valence-electron chi connectivity index (χ3n) is 15.7. The fourth-order valence-electron chi connectivity index (χ4n) is 9.58. The molecule has 0 aliphatic heterocycles. The fraction of sp³-hybridized carbons (Fsp3) is 0.697. The molecular weight excluding hydrogens is 1150 g/mol. The number of hydrogen-bond acceptors (Lipinski definition) is 22. The van der Waals surface area contributed by atoms with Crippen LogP contribution in [0.2, 0.25) is 0 Å². The van der Waals surface area contributed by atoms with Crippen LogP contribution >= 0.6 is 0 Å². The number of methoxy groups -OCH3 is 1. The van der Waals surface area contributed by atoms with Crippen LogP contribution in [0.1, 0.15) is 157 Å². The third kappa shape index (κ3) is 44.1. The second-order valence-corrected chi connectivity index (χ2v) is 24.0. The van der Waals surface area contributed by atoms with Crippen molar-refractivity contribution >= 4 is 86.8 Å². The molecule has 0 spiro atoms. The first-order chi connectivity index (χ1) is 42.6. The summed E-state index contributed by atoms with van der Waals surface area (Å²) in [5.74, 6) is -1.61. The van der Waals surface area contributed by atoms with Crippen molar-refractivity contribution in [3.8, 4) is 0 Å². The maximum atomic E-state index is 14.5. The van der Waals surface area contributed by atoms with E-state index >= 15 is 0 Å². The predicted octanol–water partition coefficient (Wildman–Crippen LogP) is 5.09. The molecule has 1 unspecified atom stereocenters. The van der Waals surface area contributed by atoms with Gasteiger partial charge in [0.25, 0.3) is 0 Å². The topological polar surface area (TPSA) is 345 Å². The Morgan fingerprint density at radius 2 is 0.644 bits per heavy atom. The van der Waals surface area contributed by atoms with Crippen LogP contribution in [-0.2, 0) is 59.1 Å². The average molecular weight is 1260 g/mol. The van der Waals surface area contributed by atoms with Crippen molar-refractivity contribution < 1.29 is 52.7 Å². The Kier molecular flexibility index (Phi) is 43.8. The van der Waals surface area contributed by atoms with Crippen LogP contribution in [0.25, 0.3) is 0 Å². The minimum atomic E-state index is -0.886. The first kappa shape index (κ1) is 81.6. The Morgan fingerprint density at radius 3 is 0.956 bits per heavy atom. The molecule has 0 aromatic heterocycles. The molecule has 1 atom stereocenters. The minimum absolute atomic E-state index is 0.00482. The first-order valence-corrected chi connectivity index (χ1v) is 32.2. The summed E-state index contributed by atoms with van der Waals surface area (Å²) >= 11 is 0. The highest BCUT2D eigenvalue weighted by Gasteiger charge is 2.26. The van der Waals surface area contributed by atoms with E-state index in [4.69, 9.17) is 26.7 Å². The average Bonchev–Trinajstić information content (AvgIpc) is 2.06. The number of esters is 1. The Bertz CT molecular complexity index is 2360. The van der Waals surface area contributed by atoms with E-state index in [1.54, 1.807) is 12.1 Å². The van der Waals surface area contributed by atoms with Crippen LogP contribution in [0.5, 0.6) is 0 Å². The number of carbonyl (C=O) groups excluding carboxylic acids is 10. The number of ether oxygens (including phenoxy) is 1. The molecule has 0 heterocycles. The number of ketones is 7. The van der Waals surface area contributed by atoms with E-state index in [1.165, 1.54) is 55.6 Å². The van der Waals surface area contributed by atoms with Crippen molar-refractivity contribution in [1.29, 1.82) is 21.6 Å². The highest BCUT2D eigenvalue weighted by atomic mass is 16.5. The molecule has 0 saturated heterocycles. The van der Waals surface area contributed by atoms with Gasteiger partial charge in [0.05, 0.1) is 19.4 Å². The van der Waals surface area contributed by atoms with E-state index < -0.39 is 5.92 Å². The first-order valence-electron chi connectivity index (χ1n) is 32.2. The molecule has 0 aliphatic rings. The van der Waals surface area contributed by atoms with Gasteiger partial charge in [0.1, 0.15) is 40.5 Å². The van der Waals surface area contributed by atoms with Gasteiger partial charge in [-0.3, -0.25) is 47.9 Å². The van der Waals surface area contributed by atoms with Gasteiger partial charge in [-0.25, -0.2) is 0 Å². The van der Waals surface area contributed by atoms with Crippen molar-refractivity contribution in [1.82, 2.24) is 40.0 Å². The molecule has 8 N–H and O–H groups in total. The summed E-state index contributed by atoms with van der Waals surface area (Å²) in [5.41, 5.74) is 8.99. The number of hydrogen-bond donors (Lipinski definition) is 7. The Balaban J connectivity index is 3.42. The molecule has 0 aliphatic carbocycles. The van der Waals surface area contributed by atoms with Crippen molar-refractivity contribution in [2.75, 3.05) is 144 Å². The van der Waals surface area contributed by atoms with Gasteiger partial charge in [-0.05, 0) is 118 Å². The standard InChI is InChI=1S/C66H111N13O11/c1-50(80)13-31-74(32-14-51(2)81)38-20-59(68)23-41-77(42-24-60(69)21-39-75(33-15-52(3)82)34-16-53(4)83)44-26-63(71)62(49-57-9-11-58(67)12-10-57)66(89)73-30-48-79(43-25-61(70)22-40-76(35-17-54(5)84)36-18-55(6)85)45-27-64(87)72-29-47-78(37-19-56(7)86)46-28-65(88)90-8/h9-12,62,68-71H,13-49,67H2,1-8H3,(H,72,87)(H,73,89). The molecule has 0 bridgehead atoms. The zero-order valence-corrected chi connectivity index (χ0v) is 55.8. The molecule has 24 heteroatoms. The minimum Gasteiger partial charge on any atom is -0.469 e. The van der Waals surface area contributed by atoms with Crippen molar-refractivity contribution in [3.63, 3.8) is 0 Å². The van der Waals surface area contributed by atoms with Crippen molar-refractivity contribution in [3.05, 3.63) is 29.8 Å². The summed E-state index contributed by atoms with van der Waals surface area (Å²) < 4.78 is 4.79. The molecule has 1 rings (SSSR count). The number of carbonyl (C=O) groups is 10. The Morgan fingerprint density at radius 1 is 0.378 bits per heavy atom. The van der Waals surface area contributed by atoms with Crippen LogP contribution in [0.3, 0.4) is 0 Å². The summed E-state index contributed by atoms with van der Waals surface area (Å²) in [6.07, 6.45) is 5.40. The molecular formula is C66H111N13O11. The van der Waals surface area contributed by atoms with Gasteiger partial charge in [0.15, 0.2) is 0 Å². The number of Topliss-reactive ketones (excluding diaryl/α,β-unsaturated/α-hetero) is 7. The Hall–Kier alpha value is -6.44. The van der Waals surface area contributed by atoms with E-state index in [2.05, 4.69) is 15.5 Å². The van der Waals surface area contributed by atoms with E-state index in [-0.39, 0.29) is 103 Å². The summed E-state index contributed by atoms with van der Waals surface area (Å²) in [6.45, 7) is 19.0. The SMILES string of the molecule is COC(=O)CCN(CCNC(=O)CCN(CCNC(=O)C(Cc1ccc(N)cc1)C(=N)CCN(CCC(=N)CCN(CCC(C)=O)CCC(C)=O)CCC(=N)CCN(CCC(C)=O)CCC(C)=O)CCC(=N)CCN(CCC(C)=O)CCC(C)=O)CCC(C)=O. The second-order valence-electron chi connectivity index (χ2n) is 24.0. The number of nitrogens with zero attached hydrogens (tertiary/aromatic N) is 6. The fourth-order valence-corrected chi connectivity index (χ4v) is 9.58. The number of rotatable bonds is 58. The van der Waals surface area contributed by atoms with Gasteiger partial charge in [-0.1, -0.05) is 12.1 Å². The quantitative estimate of drug-likeness (QED) is 0.0254. The lowest BCUT2D eigenvalue weighted by Gasteiger charge is -2.26. The predicted molar refractivity (Wildman–Crippen MR) is 354 cm³/mol. The molecule has 2 amide bonds. The molecule has 1 aromatic rings. The second kappa shape index (κ2) is 48.4. The van der Waals surface area contributed by atoms with E-state index in [0.29, 0.717) is 224 Å². The zero-order chi connectivity index (χ0) is 67.4. The van der Waals surface area contributed by atoms with Gasteiger partial charge in [0.2, 0.25) is 11.8 Å². The maximum absolute atomic E-state index is 14.5. The number of nitrogens with two attached hydrogens (primary N) is 1. The van der Waals surface area contributed by atoms with Crippen LogP contribution < -0.4 is 16.4 Å². The van der Waals surface area contributed by atoms with Crippen LogP contribution in [0.15, 0.2) is 24.3 Å². The zero-order valence-electron chi connectivity index (χ0n) is 55.8. The summed E-state index contributed by atoms with van der Waals surface area (Å²) in [6, 6.07) is 7.15. The number of nitrogens with one attached hydrogen (secondary N) is 6. The number of benzene rings is 1. The highest BCUT2D eigenvalue weighted by molar-refractivity contribution is 6.03. The number of amides is 2. The smallest absolute Gasteiger partial charge is 0.306 e. The molecule has 24 nitrogen and oxygen atoms in total. The van der Waals surface area contributed by atoms with E-state index in [0.717, 1.165) is 5.56 Å². The normalized spacial score (nSPS) is 11.8. The monoisotopic (exact) mass is 1260 g/mol. The maximum Gasteiger partial charge on any atom is 0.306 e. The third-order valence-corrected chi connectivity index (χ3v) is 15.7. The lowest BCUT2D eigenvalue weighted by molar-refractivity contribution is -0.141. The van der Waals surface area contributed by atoms with Gasteiger partial charge in [-0.15, -0.1) is 0 Å². The molecule has 90 heavy (non-hydrogen) atoms. The van der Waals surface area contributed by atoms with Gasteiger partial charge >= 0.3 is 5.97 Å². The molecule has 0 fully saturated rings. The van der Waals surface area contributed by atoms with E-state index in [1.807, 2.05) is 36.6 Å². The lowest BCUT2D eigenvalue weighted by Crippen LogP contribution is -2.43. The van der Waals surface area contributed by atoms with Gasteiger partial charge in [-0.2, -0.15) is 0 Å². The summed E-state index contributed by atoms with van der Waals surface area (Å²) in [5, 5.41) is 42.4. The number of anilines is 1. The Labute approximate surface area is 536 Å². The van der Waals surface area contributed by atoms with Crippen molar-refractivity contribution in [2.45, 2.75) is 158 Å². The van der Waals surface area contributed by atoms with Crippen molar-refractivity contribution in [2.24, 2.45) is 5.92 Å². The van der Waals surface area contributed by atoms with Gasteiger partial charge < -0.3 is 72.1 Å². The van der Waals surface area contributed by atoms with Crippen LogP contribution in [0, 0.1) is 27.6 Å². The molecule has 0 saturated carbocycles. The summed E-state index contributed by atoms with van der Waals surface area (Å²) in [4.78, 5) is 135. The number of nitrogen functional groups attached to an aromatic ring is 1. The van der Waals surface area contributed by atoms with Crippen LogP contribution in [0.4, 0.5) is 5.69 Å². The molecule has 0 radical (unpaired) electrons. The van der Waals surface area contributed by atoms with Gasteiger partial charge in [0, 0.05) is 211 Å². The van der Waals surface area contributed by atoms with Crippen LogP contribution in [-0.4, -0.2) is 249 Å². The van der Waals surface area contributed by atoms with E-state index in [9.17, 15) is 53.4 Å². The summed E-state index contributed by atoms with van der Waals surface area (Å²) in [7, 11) is 1.31. The molecule has 506 valence electrons.